The number of amides is 1. The first kappa shape index (κ1) is 29.2. The molecule has 0 aliphatic carbocycles. The molecule has 0 saturated carbocycles. The average Bonchev–Trinajstić information content (AvgIpc) is 3.25. The number of thiazole rings is 1. The van der Waals surface area contributed by atoms with Crippen molar-refractivity contribution < 1.29 is 23.7 Å². The topological polar surface area (TPSA) is 91.6 Å². The second kappa shape index (κ2) is 12.2. The van der Waals surface area contributed by atoms with Crippen LogP contribution in [-0.4, -0.2) is 56.9 Å². The third-order valence-corrected chi connectivity index (χ3v) is 8.05. The summed E-state index contributed by atoms with van der Waals surface area (Å²) < 4.78 is 23.9. The van der Waals surface area contributed by atoms with Crippen molar-refractivity contribution in [3.63, 3.8) is 0 Å². The number of rotatable bonds is 9. The van der Waals surface area contributed by atoms with Gasteiger partial charge in [-0.05, 0) is 62.7 Å². The molecule has 2 aromatic carbocycles. The molecule has 40 heavy (non-hydrogen) atoms. The quantitative estimate of drug-likeness (QED) is 0.379. The van der Waals surface area contributed by atoms with Gasteiger partial charge in [-0.25, -0.2) is 4.99 Å². The Bertz CT molecular complexity index is 1660. The summed E-state index contributed by atoms with van der Waals surface area (Å²) in [6.07, 6.45) is 1.72. The SMILES string of the molecule is CCN(CC)C(=O)C1=C(C)N=c2s/c(=C/c3cc(Cl)c(OC)c(OC)c3)c(=O)n2[C@H]1c1cc(OC)ccc1OC. The molecule has 0 radical (unpaired) electrons. The number of carbonyl (C=O) groups excluding carboxylic acids is 1. The summed E-state index contributed by atoms with van der Waals surface area (Å²) in [6.45, 7) is 6.66. The molecule has 0 spiro atoms. The van der Waals surface area contributed by atoms with Crippen LogP contribution in [0.4, 0.5) is 0 Å². The normalized spacial score (nSPS) is 14.9. The third kappa shape index (κ3) is 5.21. The standard InChI is InChI=1S/C29H32ClN3O6S/c1-8-32(9-2)28(35)24-16(3)31-29-33(25(24)19-15-18(36-4)10-11-21(19)37-5)27(34)23(40-29)14-17-12-20(30)26(39-7)22(13-17)38-6/h10-15,25H,8-9H2,1-7H3/b23-14+/t25-/m0/s1. The van der Waals surface area contributed by atoms with Gasteiger partial charge >= 0.3 is 0 Å². The highest BCUT2D eigenvalue weighted by atomic mass is 35.5. The number of nitrogens with zero attached hydrogens (tertiary/aromatic N) is 3. The highest BCUT2D eigenvalue weighted by Gasteiger charge is 2.36. The fourth-order valence-corrected chi connectivity index (χ4v) is 6.14. The molecule has 9 nitrogen and oxygen atoms in total. The van der Waals surface area contributed by atoms with Gasteiger partial charge in [0.05, 0.1) is 49.3 Å². The lowest BCUT2D eigenvalue weighted by Gasteiger charge is -2.30. The molecule has 0 saturated heterocycles. The van der Waals surface area contributed by atoms with E-state index in [2.05, 4.69) is 0 Å². The Balaban J connectivity index is 2.02. The molecule has 4 rings (SSSR count). The van der Waals surface area contributed by atoms with Crippen molar-refractivity contribution in [2.24, 2.45) is 4.99 Å². The molecule has 1 aliphatic rings. The molecule has 212 valence electrons. The Hall–Kier alpha value is -3.76. The first-order chi connectivity index (χ1) is 19.2. The molecule has 3 aromatic rings. The summed E-state index contributed by atoms with van der Waals surface area (Å²) in [5.41, 5.74) is 1.91. The van der Waals surface area contributed by atoms with Crippen molar-refractivity contribution in [1.82, 2.24) is 9.47 Å². The van der Waals surface area contributed by atoms with Crippen molar-refractivity contribution in [3.8, 4) is 23.0 Å². The van der Waals surface area contributed by atoms with Crippen molar-refractivity contribution in [1.29, 1.82) is 0 Å². The van der Waals surface area contributed by atoms with Gasteiger partial charge in [-0.1, -0.05) is 22.9 Å². The van der Waals surface area contributed by atoms with Gasteiger partial charge in [0.2, 0.25) is 0 Å². The first-order valence-corrected chi connectivity index (χ1v) is 13.9. The minimum Gasteiger partial charge on any atom is -0.497 e. The molecule has 1 aliphatic heterocycles. The van der Waals surface area contributed by atoms with E-state index in [9.17, 15) is 9.59 Å². The average molecular weight is 586 g/mol. The molecule has 11 heteroatoms. The van der Waals surface area contributed by atoms with E-state index in [1.807, 2.05) is 13.8 Å². The first-order valence-electron chi connectivity index (χ1n) is 12.7. The molecule has 0 bridgehead atoms. The van der Waals surface area contributed by atoms with Crippen LogP contribution in [-0.2, 0) is 4.79 Å². The van der Waals surface area contributed by atoms with Gasteiger partial charge in [0.15, 0.2) is 16.3 Å². The van der Waals surface area contributed by atoms with E-state index in [1.54, 1.807) is 67.0 Å². The van der Waals surface area contributed by atoms with Crippen LogP contribution in [0.1, 0.15) is 37.9 Å². The molecular formula is C29H32ClN3O6S. The molecule has 0 unspecified atom stereocenters. The Labute approximate surface area is 241 Å². The molecule has 2 heterocycles. The number of hydrogen-bond donors (Lipinski definition) is 0. The van der Waals surface area contributed by atoms with Crippen LogP contribution >= 0.6 is 22.9 Å². The van der Waals surface area contributed by atoms with Gasteiger partial charge in [0.25, 0.3) is 11.5 Å². The predicted octanol–water partition coefficient (Wildman–Crippen LogP) is 3.79. The molecule has 1 amide bonds. The highest BCUT2D eigenvalue weighted by Crippen LogP contribution is 2.38. The number of fused-ring (bicyclic) bond motifs is 1. The van der Waals surface area contributed by atoms with E-state index in [1.165, 1.54) is 25.6 Å². The molecule has 0 N–H and O–H groups in total. The monoisotopic (exact) mass is 585 g/mol. The van der Waals surface area contributed by atoms with Gasteiger partial charge in [-0.15, -0.1) is 0 Å². The molecule has 1 atom stereocenters. The summed E-state index contributed by atoms with van der Waals surface area (Å²) in [5.74, 6) is 1.75. The minimum absolute atomic E-state index is 0.193. The number of aromatic nitrogens is 1. The van der Waals surface area contributed by atoms with Crippen LogP contribution in [0, 0.1) is 0 Å². The Kier molecular flexibility index (Phi) is 8.90. The number of methoxy groups -OCH3 is 4. The van der Waals surface area contributed by atoms with E-state index in [-0.39, 0.29) is 11.5 Å². The second-order valence-corrected chi connectivity index (χ2v) is 10.3. The summed E-state index contributed by atoms with van der Waals surface area (Å²) in [7, 11) is 6.14. The zero-order chi connectivity index (χ0) is 29.1. The lowest BCUT2D eigenvalue weighted by atomic mass is 9.93. The Morgan fingerprint density at radius 3 is 2.35 bits per heavy atom. The van der Waals surface area contributed by atoms with E-state index >= 15 is 0 Å². The number of allylic oxidation sites excluding steroid dienone is 1. The maximum absolute atomic E-state index is 14.1. The van der Waals surface area contributed by atoms with Gasteiger partial charge in [0.1, 0.15) is 17.5 Å². The maximum atomic E-state index is 14.1. The van der Waals surface area contributed by atoms with Gasteiger partial charge in [0, 0.05) is 18.7 Å². The fraction of sp³-hybridized carbons (Fsp3) is 0.345. The van der Waals surface area contributed by atoms with Gasteiger partial charge in [-0.3, -0.25) is 14.2 Å². The van der Waals surface area contributed by atoms with E-state index in [0.29, 0.717) is 72.8 Å². The highest BCUT2D eigenvalue weighted by molar-refractivity contribution is 7.07. The van der Waals surface area contributed by atoms with Crippen LogP contribution in [0.25, 0.3) is 6.08 Å². The van der Waals surface area contributed by atoms with Crippen LogP contribution in [0.3, 0.4) is 0 Å². The zero-order valence-corrected chi connectivity index (χ0v) is 25.1. The molecule has 1 aromatic heterocycles. The summed E-state index contributed by atoms with van der Waals surface area (Å²) in [4.78, 5) is 34.9. The lowest BCUT2D eigenvalue weighted by Crippen LogP contribution is -2.43. The minimum atomic E-state index is -0.787. The third-order valence-electron chi connectivity index (χ3n) is 6.79. The smallest absolute Gasteiger partial charge is 0.271 e. The van der Waals surface area contributed by atoms with Crippen molar-refractivity contribution >= 4 is 34.9 Å². The molecule has 0 fully saturated rings. The number of hydrogen-bond acceptors (Lipinski definition) is 8. The van der Waals surface area contributed by atoms with E-state index in [4.69, 9.17) is 35.5 Å². The summed E-state index contributed by atoms with van der Waals surface area (Å²) >= 11 is 7.65. The number of carbonyl (C=O) groups is 1. The Morgan fingerprint density at radius 1 is 1.05 bits per heavy atom. The van der Waals surface area contributed by atoms with Crippen molar-refractivity contribution in [2.75, 3.05) is 41.5 Å². The largest absolute Gasteiger partial charge is 0.497 e. The van der Waals surface area contributed by atoms with Crippen LogP contribution in [0.5, 0.6) is 23.0 Å². The number of ether oxygens (including phenoxy) is 4. The lowest BCUT2D eigenvalue weighted by molar-refractivity contribution is -0.127. The number of halogens is 1. The number of likely N-dealkylation sites (N-methyl/N-ethyl adjacent to an activating group) is 1. The second-order valence-electron chi connectivity index (χ2n) is 8.91. The summed E-state index contributed by atoms with van der Waals surface area (Å²) in [6, 6.07) is 7.99. The van der Waals surface area contributed by atoms with Crippen LogP contribution in [0.2, 0.25) is 5.02 Å². The van der Waals surface area contributed by atoms with Crippen molar-refractivity contribution in [2.45, 2.75) is 26.8 Å². The van der Waals surface area contributed by atoms with Crippen LogP contribution in [0.15, 0.2) is 51.4 Å². The van der Waals surface area contributed by atoms with Crippen LogP contribution < -0.4 is 33.8 Å². The molecular weight excluding hydrogens is 554 g/mol. The van der Waals surface area contributed by atoms with E-state index < -0.39 is 6.04 Å². The summed E-state index contributed by atoms with van der Waals surface area (Å²) in [5, 5.41) is 0.350. The Morgan fingerprint density at radius 2 is 1.75 bits per heavy atom. The van der Waals surface area contributed by atoms with Gasteiger partial charge < -0.3 is 23.8 Å². The van der Waals surface area contributed by atoms with Gasteiger partial charge in [-0.2, -0.15) is 0 Å². The number of benzene rings is 2. The fourth-order valence-electron chi connectivity index (χ4n) is 4.80. The maximum Gasteiger partial charge on any atom is 0.271 e. The zero-order valence-electron chi connectivity index (χ0n) is 23.5. The predicted molar refractivity (Wildman–Crippen MR) is 156 cm³/mol. The van der Waals surface area contributed by atoms with Crippen molar-refractivity contribution in [3.05, 3.63) is 77.4 Å². The van der Waals surface area contributed by atoms with E-state index in [0.717, 1.165) is 0 Å².